The molecule has 0 saturated heterocycles. The number of rotatable bonds is 8. The number of nitrogen functional groups attached to an aromatic ring is 1. The molecule has 0 fully saturated rings. The molecule has 0 radical (unpaired) electrons. The molecule has 0 aliphatic heterocycles. The summed E-state index contributed by atoms with van der Waals surface area (Å²) in [6.07, 6.45) is 0.00376. The molecule has 2 aromatic carbocycles. The van der Waals surface area contributed by atoms with Crippen LogP contribution in [0.5, 0.6) is 0 Å². The van der Waals surface area contributed by atoms with Crippen molar-refractivity contribution in [3.05, 3.63) is 59.1 Å². The summed E-state index contributed by atoms with van der Waals surface area (Å²) in [4.78, 5) is 11.0. The van der Waals surface area contributed by atoms with Crippen molar-refractivity contribution in [1.29, 1.82) is 0 Å². The molecule has 2 aromatic rings. The summed E-state index contributed by atoms with van der Waals surface area (Å²) in [5.74, 6) is -0.856. The number of carbonyl (C=O) groups is 1. The zero-order valence-electron chi connectivity index (χ0n) is 12.6. The molecule has 0 aliphatic rings. The predicted molar refractivity (Wildman–Crippen MR) is 93.7 cm³/mol. The van der Waals surface area contributed by atoms with Crippen LogP contribution >= 0.6 is 11.6 Å². The van der Waals surface area contributed by atoms with Crippen LogP contribution in [-0.4, -0.2) is 23.7 Å². The predicted octanol–water partition coefficient (Wildman–Crippen LogP) is 2.97. The number of hydrogen-bond donors (Lipinski definition) is 4. The van der Waals surface area contributed by atoms with E-state index in [0.717, 1.165) is 11.3 Å². The molecule has 2 rings (SSSR count). The van der Waals surface area contributed by atoms with Crippen LogP contribution in [-0.2, 0) is 11.3 Å². The average Bonchev–Trinajstić information content (AvgIpc) is 2.51. The lowest BCUT2D eigenvalue weighted by atomic mass is 10.1. The number of nitrogens with one attached hydrogen (secondary N) is 2. The van der Waals surface area contributed by atoms with Gasteiger partial charge in [-0.1, -0.05) is 41.9 Å². The van der Waals surface area contributed by atoms with Crippen molar-refractivity contribution in [2.24, 2.45) is 0 Å². The minimum Gasteiger partial charge on any atom is -0.481 e. The molecular formula is C17H20ClN3O2. The SMILES string of the molecule is Nc1ccc(N[C@H](CNCc2ccccc2)CC(=O)O)cc1Cl. The Morgan fingerprint density at radius 3 is 2.61 bits per heavy atom. The van der Waals surface area contributed by atoms with E-state index in [0.29, 0.717) is 23.8 Å². The number of halogens is 1. The third-order valence-corrected chi connectivity index (χ3v) is 3.68. The minimum atomic E-state index is -0.856. The lowest BCUT2D eigenvalue weighted by Gasteiger charge is -2.19. The molecular weight excluding hydrogens is 314 g/mol. The van der Waals surface area contributed by atoms with E-state index in [1.807, 2.05) is 30.3 Å². The van der Waals surface area contributed by atoms with Gasteiger partial charge in [0, 0.05) is 24.8 Å². The van der Waals surface area contributed by atoms with Crippen LogP contribution in [0.15, 0.2) is 48.5 Å². The Hall–Kier alpha value is -2.24. The van der Waals surface area contributed by atoms with Crippen molar-refractivity contribution < 1.29 is 9.90 Å². The lowest BCUT2D eigenvalue weighted by molar-refractivity contribution is -0.137. The first-order valence-corrected chi connectivity index (χ1v) is 7.70. The van der Waals surface area contributed by atoms with Crippen molar-refractivity contribution in [2.75, 3.05) is 17.6 Å². The molecule has 0 aliphatic carbocycles. The Kier molecular flexibility index (Phi) is 6.26. The summed E-state index contributed by atoms with van der Waals surface area (Å²) >= 11 is 5.99. The van der Waals surface area contributed by atoms with Crippen LogP contribution in [0.25, 0.3) is 0 Å². The standard InChI is InChI=1S/C17H20ClN3O2/c18-15-8-13(6-7-16(15)19)21-14(9-17(22)23)11-20-10-12-4-2-1-3-5-12/h1-8,14,20-21H,9-11,19H2,(H,22,23)/t14-/m0/s1. The van der Waals surface area contributed by atoms with Gasteiger partial charge in [0.1, 0.15) is 0 Å². The fourth-order valence-corrected chi connectivity index (χ4v) is 2.40. The highest BCUT2D eigenvalue weighted by atomic mass is 35.5. The molecule has 5 N–H and O–H groups in total. The quantitative estimate of drug-likeness (QED) is 0.558. The number of benzene rings is 2. The summed E-state index contributed by atoms with van der Waals surface area (Å²) in [7, 11) is 0. The van der Waals surface area contributed by atoms with Gasteiger partial charge < -0.3 is 21.5 Å². The first-order chi connectivity index (χ1) is 11.0. The second-order valence-electron chi connectivity index (χ2n) is 5.29. The number of hydrogen-bond acceptors (Lipinski definition) is 4. The van der Waals surface area contributed by atoms with Gasteiger partial charge in [0.2, 0.25) is 0 Å². The summed E-state index contributed by atoms with van der Waals surface area (Å²) < 4.78 is 0. The van der Waals surface area contributed by atoms with Crippen LogP contribution in [0, 0.1) is 0 Å². The Balaban J connectivity index is 1.93. The Morgan fingerprint density at radius 2 is 1.96 bits per heavy atom. The molecule has 0 aromatic heterocycles. The van der Waals surface area contributed by atoms with Crippen molar-refractivity contribution in [2.45, 2.75) is 19.0 Å². The van der Waals surface area contributed by atoms with Crippen molar-refractivity contribution >= 4 is 28.9 Å². The van der Waals surface area contributed by atoms with Crippen LogP contribution in [0.4, 0.5) is 11.4 Å². The number of nitrogens with two attached hydrogens (primary N) is 1. The molecule has 5 nitrogen and oxygen atoms in total. The fraction of sp³-hybridized carbons (Fsp3) is 0.235. The first kappa shape index (κ1) is 17.1. The second-order valence-corrected chi connectivity index (χ2v) is 5.70. The van der Waals surface area contributed by atoms with Crippen molar-refractivity contribution in [3.63, 3.8) is 0 Å². The van der Waals surface area contributed by atoms with E-state index in [4.69, 9.17) is 22.4 Å². The highest BCUT2D eigenvalue weighted by Gasteiger charge is 2.13. The number of aliphatic carboxylic acids is 1. The van der Waals surface area contributed by atoms with E-state index in [2.05, 4.69) is 10.6 Å². The zero-order chi connectivity index (χ0) is 16.7. The maximum absolute atomic E-state index is 11.0. The van der Waals surface area contributed by atoms with Gasteiger partial charge in [-0.2, -0.15) is 0 Å². The number of anilines is 2. The molecule has 122 valence electrons. The highest BCUT2D eigenvalue weighted by Crippen LogP contribution is 2.23. The topological polar surface area (TPSA) is 87.4 Å². The van der Waals surface area contributed by atoms with Gasteiger partial charge in [-0.25, -0.2) is 0 Å². The summed E-state index contributed by atoms with van der Waals surface area (Å²) in [6.45, 7) is 1.20. The van der Waals surface area contributed by atoms with Crippen molar-refractivity contribution in [3.8, 4) is 0 Å². The third-order valence-electron chi connectivity index (χ3n) is 3.35. The van der Waals surface area contributed by atoms with Gasteiger partial charge in [-0.15, -0.1) is 0 Å². The average molecular weight is 334 g/mol. The molecule has 6 heteroatoms. The normalized spacial score (nSPS) is 11.9. The summed E-state index contributed by atoms with van der Waals surface area (Å²) in [6, 6.07) is 14.9. The van der Waals surface area contributed by atoms with Gasteiger partial charge in [0.15, 0.2) is 0 Å². The van der Waals surface area contributed by atoms with Gasteiger partial charge in [-0.3, -0.25) is 4.79 Å². The van der Waals surface area contributed by atoms with Gasteiger partial charge in [0.05, 0.1) is 17.1 Å². The number of carboxylic acids is 1. The number of carboxylic acid groups (broad SMARTS) is 1. The van der Waals surface area contributed by atoms with Gasteiger partial charge in [0.25, 0.3) is 0 Å². The summed E-state index contributed by atoms with van der Waals surface area (Å²) in [5, 5.41) is 16.0. The van der Waals surface area contributed by atoms with Crippen LogP contribution in [0.2, 0.25) is 5.02 Å². The maximum atomic E-state index is 11.0. The van der Waals surface area contributed by atoms with Crippen LogP contribution < -0.4 is 16.4 Å². The zero-order valence-corrected chi connectivity index (χ0v) is 13.4. The van der Waals surface area contributed by atoms with Crippen LogP contribution in [0.3, 0.4) is 0 Å². The minimum absolute atomic E-state index is 0.00376. The molecule has 0 unspecified atom stereocenters. The van der Waals surface area contributed by atoms with E-state index in [9.17, 15) is 4.79 Å². The van der Waals surface area contributed by atoms with Crippen LogP contribution in [0.1, 0.15) is 12.0 Å². The molecule has 0 amide bonds. The van der Waals surface area contributed by atoms with E-state index in [1.54, 1.807) is 18.2 Å². The Morgan fingerprint density at radius 1 is 1.22 bits per heavy atom. The van der Waals surface area contributed by atoms with E-state index >= 15 is 0 Å². The fourth-order valence-electron chi connectivity index (χ4n) is 2.22. The Labute approximate surface area is 140 Å². The molecule has 0 spiro atoms. The molecule has 0 heterocycles. The third kappa shape index (κ3) is 5.81. The van der Waals surface area contributed by atoms with E-state index in [1.165, 1.54) is 0 Å². The monoisotopic (exact) mass is 333 g/mol. The van der Waals surface area contributed by atoms with Gasteiger partial charge in [-0.05, 0) is 23.8 Å². The van der Waals surface area contributed by atoms with Gasteiger partial charge >= 0.3 is 5.97 Å². The Bertz CT molecular complexity index is 650. The molecule has 1 atom stereocenters. The maximum Gasteiger partial charge on any atom is 0.305 e. The van der Waals surface area contributed by atoms with E-state index < -0.39 is 5.97 Å². The molecule has 0 saturated carbocycles. The first-order valence-electron chi connectivity index (χ1n) is 7.32. The van der Waals surface area contributed by atoms with Crippen molar-refractivity contribution in [1.82, 2.24) is 5.32 Å². The summed E-state index contributed by atoms with van der Waals surface area (Å²) in [5.41, 5.74) is 8.07. The van der Waals surface area contributed by atoms with E-state index in [-0.39, 0.29) is 12.5 Å². The highest BCUT2D eigenvalue weighted by molar-refractivity contribution is 6.33. The molecule has 0 bridgehead atoms. The smallest absolute Gasteiger partial charge is 0.305 e. The molecule has 23 heavy (non-hydrogen) atoms. The second kappa shape index (κ2) is 8.41. The lowest BCUT2D eigenvalue weighted by Crippen LogP contribution is -2.34. The largest absolute Gasteiger partial charge is 0.481 e.